The van der Waals surface area contributed by atoms with Gasteiger partial charge in [-0.25, -0.2) is 4.98 Å². The number of nitrogens with zero attached hydrogens (tertiary/aromatic N) is 3. The lowest BCUT2D eigenvalue weighted by Gasteiger charge is -2.11. The maximum atomic E-state index is 6.57. The number of benzene rings is 8. The summed E-state index contributed by atoms with van der Waals surface area (Å²) in [5, 5.41) is 2.33. The smallest absolute Gasteiger partial charge is 0.227 e. The molecule has 11 aromatic rings. The molecule has 0 fully saturated rings. The van der Waals surface area contributed by atoms with E-state index in [0.717, 1.165) is 61.2 Å². The van der Waals surface area contributed by atoms with Crippen LogP contribution in [0.4, 0.5) is 0 Å². The van der Waals surface area contributed by atoms with Gasteiger partial charge in [-0.15, -0.1) is 0 Å². The normalized spacial score (nSPS) is 11.4. The van der Waals surface area contributed by atoms with Crippen molar-refractivity contribution in [2.24, 2.45) is 0 Å². The minimum absolute atomic E-state index is 0.588. The third-order valence-electron chi connectivity index (χ3n) is 11.1. The van der Waals surface area contributed by atoms with E-state index in [1.54, 1.807) is 0 Å². The highest BCUT2D eigenvalue weighted by Crippen LogP contribution is 2.39. The van der Waals surface area contributed by atoms with Crippen molar-refractivity contribution in [2.45, 2.75) is 0 Å². The highest BCUT2D eigenvalue weighted by molar-refractivity contribution is 6.11. The maximum absolute atomic E-state index is 6.57. The third kappa shape index (κ3) is 6.05. The van der Waals surface area contributed by atoms with Gasteiger partial charge in [-0.2, -0.15) is 0 Å². The van der Waals surface area contributed by atoms with Crippen LogP contribution in [0.5, 0.6) is 0 Å². The van der Waals surface area contributed by atoms with Gasteiger partial charge in [0.2, 0.25) is 5.89 Å². The van der Waals surface area contributed by atoms with Crippen molar-refractivity contribution in [2.75, 3.05) is 0 Å². The molecule has 272 valence electrons. The average Bonchev–Trinajstić information content (AvgIpc) is 3.88. The summed E-state index contributed by atoms with van der Waals surface area (Å²) in [6.07, 6.45) is 1.84. The zero-order valence-electron chi connectivity index (χ0n) is 31.5. The third-order valence-corrected chi connectivity index (χ3v) is 11.1. The first kappa shape index (κ1) is 33.5. The van der Waals surface area contributed by atoms with E-state index in [1.165, 1.54) is 38.8 Å². The van der Waals surface area contributed by atoms with Crippen molar-refractivity contribution >= 4 is 32.9 Å². The summed E-state index contributed by atoms with van der Waals surface area (Å²) in [7, 11) is 0. The molecule has 0 amide bonds. The van der Waals surface area contributed by atoms with Gasteiger partial charge in [-0.3, -0.25) is 4.98 Å². The molecule has 4 heteroatoms. The summed E-state index contributed by atoms with van der Waals surface area (Å²) in [4.78, 5) is 9.65. The molecule has 0 saturated carbocycles. The summed E-state index contributed by atoms with van der Waals surface area (Å²) in [6, 6.07) is 72.8. The van der Waals surface area contributed by atoms with Gasteiger partial charge in [0, 0.05) is 33.8 Å². The molecule has 0 aliphatic rings. The van der Waals surface area contributed by atoms with Gasteiger partial charge in [0.25, 0.3) is 0 Å². The number of oxazole rings is 1. The lowest BCUT2D eigenvalue weighted by atomic mass is 9.99. The SMILES string of the molecule is c1ccc(-c2ccc(-c3ccc4c(c3)c3ccc(-c5nc6ccc(-c7cccc(-c8ccccc8)c7)cc6o5)cc3n4-c3cccc(-c4ccccn4)c3)cc2)cc1. The molecular weight excluding hydrogens is 707 g/mol. The topological polar surface area (TPSA) is 43.9 Å². The predicted molar refractivity (Wildman–Crippen MR) is 239 cm³/mol. The first-order chi connectivity index (χ1) is 28.7. The molecule has 3 heterocycles. The average molecular weight is 742 g/mol. The Hall–Kier alpha value is -7.82. The van der Waals surface area contributed by atoms with Crippen LogP contribution in [0.3, 0.4) is 0 Å². The second kappa shape index (κ2) is 14.0. The summed E-state index contributed by atoms with van der Waals surface area (Å²) >= 11 is 0. The first-order valence-corrected chi connectivity index (χ1v) is 19.5. The fourth-order valence-electron chi connectivity index (χ4n) is 8.17. The van der Waals surface area contributed by atoms with Crippen molar-refractivity contribution in [3.63, 3.8) is 0 Å². The molecule has 0 aliphatic carbocycles. The van der Waals surface area contributed by atoms with E-state index in [0.29, 0.717) is 5.89 Å². The quantitative estimate of drug-likeness (QED) is 0.163. The molecule has 3 aromatic heterocycles. The standard InChI is InChI=1S/C54H35N3O/c1-3-11-36(12-4-1)38-20-22-39(23-21-38)42-26-29-51-48(33-42)47-27-24-45(34-52(47)57(51)46-18-10-17-44(32-46)49-19-7-8-30-55-49)54-56-50-28-25-43(35-53(50)58-54)41-16-9-15-40(31-41)37-13-5-2-6-14-37/h1-35H. The minimum atomic E-state index is 0.588. The Morgan fingerprint density at radius 1 is 0.362 bits per heavy atom. The highest BCUT2D eigenvalue weighted by atomic mass is 16.3. The Morgan fingerprint density at radius 3 is 1.72 bits per heavy atom. The number of pyridine rings is 1. The van der Waals surface area contributed by atoms with E-state index < -0.39 is 0 Å². The Morgan fingerprint density at radius 2 is 0.948 bits per heavy atom. The van der Waals surface area contributed by atoms with Gasteiger partial charge in [0.05, 0.1) is 16.7 Å². The summed E-state index contributed by atoms with van der Waals surface area (Å²) < 4.78 is 8.92. The maximum Gasteiger partial charge on any atom is 0.227 e. The molecule has 0 bridgehead atoms. The molecule has 58 heavy (non-hydrogen) atoms. The Labute approximate surface area is 336 Å². The monoisotopic (exact) mass is 741 g/mol. The van der Waals surface area contributed by atoms with E-state index in [2.05, 4.69) is 198 Å². The lowest BCUT2D eigenvalue weighted by Crippen LogP contribution is -1.95. The number of hydrogen-bond acceptors (Lipinski definition) is 3. The molecule has 8 aromatic carbocycles. The van der Waals surface area contributed by atoms with Crippen LogP contribution >= 0.6 is 0 Å². The van der Waals surface area contributed by atoms with Crippen molar-refractivity contribution in [3.05, 3.63) is 212 Å². The Kier molecular flexibility index (Phi) is 8.11. The second-order valence-corrected chi connectivity index (χ2v) is 14.7. The first-order valence-electron chi connectivity index (χ1n) is 19.5. The molecule has 11 rings (SSSR count). The van der Waals surface area contributed by atoms with Gasteiger partial charge < -0.3 is 8.98 Å². The van der Waals surface area contributed by atoms with Gasteiger partial charge in [-0.1, -0.05) is 140 Å². The van der Waals surface area contributed by atoms with Gasteiger partial charge >= 0.3 is 0 Å². The summed E-state index contributed by atoms with van der Waals surface area (Å²) in [5.41, 5.74) is 17.1. The predicted octanol–water partition coefficient (Wildman–Crippen LogP) is 14.3. The lowest BCUT2D eigenvalue weighted by molar-refractivity contribution is 0.620. The molecule has 4 nitrogen and oxygen atoms in total. The molecular formula is C54H35N3O. The molecule has 0 spiro atoms. The molecule has 0 radical (unpaired) electrons. The number of aromatic nitrogens is 3. The van der Waals surface area contributed by atoms with Crippen LogP contribution in [-0.2, 0) is 0 Å². The van der Waals surface area contributed by atoms with Crippen LogP contribution in [0.2, 0.25) is 0 Å². The van der Waals surface area contributed by atoms with Crippen LogP contribution in [0.25, 0.3) is 106 Å². The van der Waals surface area contributed by atoms with Crippen LogP contribution < -0.4 is 0 Å². The van der Waals surface area contributed by atoms with E-state index in [-0.39, 0.29) is 0 Å². The van der Waals surface area contributed by atoms with Crippen molar-refractivity contribution in [1.29, 1.82) is 0 Å². The fraction of sp³-hybridized carbons (Fsp3) is 0. The largest absolute Gasteiger partial charge is 0.436 e. The van der Waals surface area contributed by atoms with Crippen LogP contribution in [-0.4, -0.2) is 14.5 Å². The molecule has 0 aliphatic heterocycles. The van der Waals surface area contributed by atoms with E-state index in [4.69, 9.17) is 9.40 Å². The number of fused-ring (bicyclic) bond motifs is 4. The van der Waals surface area contributed by atoms with Gasteiger partial charge in [0.15, 0.2) is 5.58 Å². The zero-order chi connectivity index (χ0) is 38.4. The van der Waals surface area contributed by atoms with Gasteiger partial charge in [-0.05, 0) is 111 Å². The summed E-state index contributed by atoms with van der Waals surface area (Å²) in [5.74, 6) is 0.588. The number of rotatable bonds is 7. The van der Waals surface area contributed by atoms with Crippen molar-refractivity contribution in [1.82, 2.24) is 14.5 Å². The minimum Gasteiger partial charge on any atom is -0.436 e. The molecule has 0 saturated heterocycles. The zero-order valence-corrected chi connectivity index (χ0v) is 31.5. The van der Waals surface area contributed by atoms with Crippen molar-refractivity contribution < 1.29 is 4.42 Å². The van der Waals surface area contributed by atoms with Gasteiger partial charge in [0.1, 0.15) is 5.52 Å². The highest BCUT2D eigenvalue weighted by Gasteiger charge is 2.18. The summed E-state index contributed by atoms with van der Waals surface area (Å²) in [6.45, 7) is 0. The van der Waals surface area contributed by atoms with Crippen LogP contribution in [0.15, 0.2) is 217 Å². The Bertz CT molecular complexity index is 3260. The van der Waals surface area contributed by atoms with E-state index in [9.17, 15) is 0 Å². The van der Waals surface area contributed by atoms with Crippen LogP contribution in [0.1, 0.15) is 0 Å². The fourth-order valence-corrected chi connectivity index (χ4v) is 8.17. The second-order valence-electron chi connectivity index (χ2n) is 14.7. The Balaban J connectivity index is 1.02. The molecule has 0 atom stereocenters. The van der Waals surface area contributed by atoms with Crippen molar-refractivity contribution in [3.8, 4) is 72.9 Å². The van der Waals surface area contributed by atoms with Crippen LogP contribution in [0, 0.1) is 0 Å². The molecule has 0 N–H and O–H groups in total. The van der Waals surface area contributed by atoms with E-state index in [1.807, 2.05) is 24.4 Å². The molecule has 0 unspecified atom stereocenters. The van der Waals surface area contributed by atoms with E-state index >= 15 is 0 Å². The number of hydrogen-bond donors (Lipinski definition) is 0.